The van der Waals surface area contributed by atoms with Crippen molar-refractivity contribution >= 4 is 33.0 Å². The van der Waals surface area contributed by atoms with E-state index in [2.05, 4.69) is 28.1 Å². The first-order valence-corrected chi connectivity index (χ1v) is 7.29. The summed E-state index contributed by atoms with van der Waals surface area (Å²) in [6.45, 7) is 0. The van der Waals surface area contributed by atoms with Gasteiger partial charge in [-0.1, -0.05) is 24.3 Å². The number of rotatable bonds is 2. The van der Waals surface area contributed by atoms with Gasteiger partial charge in [0.1, 0.15) is 0 Å². The lowest BCUT2D eigenvalue weighted by atomic mass is 9.96. The number of aryl methyl sites for hydroxylation is 1. The van der Waals surface area contributed by atoms with E-state index in [0.29, 0.717) is 0 Å². The zero-order valence-electron chi connectivity index (χ0n) is 9.15. The van der Waals surface area contributed by atoms with Crippen LogP contribution >= 0.6 is 27.3 Å². The number of fused-ring (bicyclic) bond motifs is 1. The van der Waals surface area contributed by atoms with Gasteiger partial charge < -0.3 is 0 Å². The average molecular weight is 307 g/mol. The van der Waals surface area contributed by atoms with Crippen molar-refractivity contribution in [3.63, 3.8) is 0 Å². The summed E-state index contributed by atoms with van der Waals surface area (Å²) >= 11 is 4.97. The summed E-state index contributed by atoms with van der Waals surface area (Å²) in [4.78, 5) is 13.3. The molecule has 1 aromatic carbocycles. The van der Waals surface area contributed by atoms with Gasteiger partial charge >= 0.3 is 0 Å². The normalized spacial score (nSPS) is 18.1. The summed E-state index contributed by atoms with van der Waals surface area (Å²) in [6.07, 6.45) is 1.97. The van der Waals surface area contributed by atoms with Gasteiger partial charge in [-0.3, -0.25) is 4.79 Å². The molecule has 0 radical (unpaired) electrons. The van der Waals surface area contributed by atoms with Crippen molar-refractivity contribution in [2.75, 3.05) is 0 Å². The molecule has 0 amide bonds. The maximum absolute atomic E-state index is 12.5. The van der Waals surface area contributed by atoms with Gasteiger partial charge in [0.15, 0.2) is 5.78 Å². The van der Waals surface area contributed by atoms with Crippen LogP contribution in [-0.2, 0) is 6.42 Å². The highest BCUT2D eigenvalue weighted by molar-refractivity contribution is 9.10. The third kappa shape index (κ3) is 1.87. The van der Waals surface area contributed by atoms with Crippen LogP contribution in [0.5, 0.6) is 0 Å². The van der Waals surface area contributed by atoms with E-state index in [-0.39, 0.29) is 11.7 Å². The highest BCUT2D eigenvalue weighted by Crippen LogP contribution is 2.37. The second kappa shape index (κ2) is 4.39. The number of Topliss-reactive ketones (excluding diaryl/α,β-unsaturated/α-hetero) is 1. The smallest absolute Gasteiger partial charge is 0.181 e. The SMILES string of the molecule is O=C(c1sccc1Br)C1CCc2ccccc21. The molecule has 1 unspecified atom stereocenters. The van der Waals surface area contributed by atoms with Crippen molar-refractivity contribution < 1.29 is 4.79 Å². The summed E-state index contributed by atoms with van der Waals surface area (Å²) in [5.74, 6) is 0.318. The second-order valence-corrected chi connectivity index (χ2v) is 6.02. The molecule has 0 bridgehead atoms. The van der Waals surface area contributed by atoms with E-state index in [1.165, 1.54) is 22.5 Å². The fourth-order valence-electron chi connectivity index (χ4n) is 2.46. The summed E-state index contributed by atoms with van der Waals surface area (Å²) in [6, 6.07) is 10.2. The molecule has 1 aliphatic rings. The largest absolute Gasteiger partial charge is 0.293 e. The van der Waals surface area contributed by atoms with E-state index in [9.17, 15) is 4.79 Å². The van der Waals surface area contributed by atoms with Crippen molar-refractivity contribution in [2.24, 2.45) is 0 Å². The lowest BCUT2D eigenvalue weighted by molar-refractivity contribution is 0.0963. The Morgan fingerprint density at radius 3 is 2.88 bits per heavy atom. The molecule has 17 heavy (non-hydrogen) atoms. The lowest BCUT2D eigenvalue weighted by Crippen LogP contribution is -2.08. The molecule has 0 fully saturated rings. The number of halogens is 1. The maximum atomic E-state index is 12.5. The summed E-state index contributed by atoms with van der Waals surface area (Å²) in [7, 11) is 0. The predicted octanol–water partition coefficient (Wildman–Crippen LogP) is 4.42. The van der Waals surface area contributed by atoms with Gasteiger partial charge in [0.2, 0.25) is 0 Å². The van der Waals surface area contributed by atoms with Crippen LogP contribution in [0.25, 0.3) is 0 Å². The van der Waals surface area contributed by atoms with Gasteiger partial charge in [-0.15, -0.1) is 11.3 Å². The van der Waals surface area contributed by atoms with Gasteiger partial charge in [0.25, 0.3) is 0 Å². The van der Waals surface area contributed by atoms with Crippen LogP contribution in [0.3, 0.4) is 0 Å². The molecule has 1 nitrogen and oxygen atoms in total. The Morgan fingerprint density at radius 2 is 2.12 bits per heavy atom. The van der Waals surface area contributed by atoms with Crippen molar-refractivity contribution in [2.45, 2.75) is 18.8 Å². The van der Waals surface area contributed by atoms with Crippen LogP contribution in [0, 0.1) is 0 Å². The molecule has 86 valence electrons. The van der Waals surface area contributed by atoms with Gasteiger partial charge in [0.05, 0.1) is 4.88 Å². The summed E-state index contributed by atoms with van der Waals surface area (Å²) in [5.41, 5.74) is 2.55. The molecular weight excluding hydrogens is 296 g/mol. The molecule has 1 aromatic heterocycles. The van der Waals surface area contributed by atoms with Crippen LogP contribution < -0.4 is 0 Å². The van der Waals surface area contributed by atoms with Crippen LogP contribution in [-0.4, -0.2) is 5.78 Å². The lowest BCUT2D eigenvalue weighted by Gasteiger charge is -2.09. The molecule has 1 heterocycles. The summed E-state index contributed by atoms with van der Waals surface area (Å²) in [5, 5.41) is 1.96. The molecular formula is C14H11BrOS. The van der Waals surface area contributed by atoms with Crippen molar-refractivity contribution in [3.8, 4) is 0 Å². The minimum Gasteiger partial charge on any atom is -0.293 e. The summed E-state index contributed by atoms with van der Waals surface area (Å²) < 4.78 is 0.928. The average Bonchev–Trinajstić information content (AvgIpc) is 2.94. The Morgan fingerprint density at radius 1 is 1.29 bits per heavy atom. The van der Waals surface area contributed by atoms with Crippen LogP contribution in [0.15, 0.2) is 40.2 Å². The minimum atomic E-state index is 0.0566. The maximum Gasteiger partial charge on any atom is 0.181 e. The third-order valence-corrected chi connectivity index (χ3v) is 5.14. The molecule has 1 atom stereocenters. The standard InChI is InChI=1S/C14H11BrOS/c15-12-7-8-17-14(12)13(16)11-6-5-9-3-1-2-4-10(9)11/h1-4,7-8,11H,5-6H2. The van der Waals surface area contributed by atoms with Gasteiger partial charge in [-0.05, 0) is 51.3 Å². The highest BCUT2D eigenvalue weighted by atomic mass is 79.9. The van der Waals surface area contributed by atoms with E-state index in [4.69, 9.17) is 0 Å². The third-order valence-electron chi connectivity index (χ3n) is 3.29. The molecule has 3 heteroatoms. The Labute approximate surface area is 113 Å². The monoisotopic (exact) mass is 306 g/mol. The van der Waals surface area contributed by atoms with Crippen LogP contribution in [0.2, 0.25) is 0 Å². The van der Waals surface area contributed by atoms with Crippen LogP contribution in [0.1, 0.15) is 33.1 Å². The van der Waals surface area contributed by atoms with E-state index >= 15 is 0 Å². The van der Waals surface area contributed by atoms with Crippen molar-refractivity contribution in [1.29, 1.82) is 0 Å². The molecule has 0 saturated heterocycles. The molecule has 3 rings (SSSR count). The van der Waals surface area contributed by atoms with Gasteiger partial charge in [-0.2, -0.15) is 0 Å². The number of ketones is 1. The first-order chi connectivity index (χ1) is 8.27. The fraction of sp³-hybridized carbons (Fsp3) is 0.214. The number of hydrogen-bond donors (Lipinski definition) is 0. The van der Waals surface area contributed by atoms with Crippen LogP contribution in [0.4, 0.5) is 0 Å². The quantitative estimate of drug-likeness (QED) is 0.750. The molecule has 0 N–H and O–H groups in total. The first kappa shape index (κ1) is 11.2. The van der Waals surface area contributed by atoms with E-state index in [0.717, 1.165) is 22.2 Å². The van der Waals surface area contributed by atoms with E-state index in [1.54, 1.807) is 0 Å². The number of carbonyl (C=O) groups is 1. The van der Waals surface area contributed by atoms with E-state index < -0.39 is 0 Å². The molecule has 0 spiro atoms. The van der Waals surface area contributed by atoms with Gasteiger partial charge in [0, 0.05) is 10.4 Å². The Bertz CT molecular complexity index is 573. The van der Waals surface area contributed by atoms with Gasteiger partial charge in [-0.25, -0.2) is 0 Å². The molecule has 2 aromatic rings. The zero-order chi connectivity index (χ0) is 11.8. The number of hydrogen-bond acceptors (Lipinski definition) is 2. The predicted molar refractivity (Wildman–Crippen MR) is 73.9 cm³/mol. The van der Waals surface area contributed by atoms with Crippen molar-refractivity contribution in [1.82, 2.24) is 0 Å². The molecule has 0 saturated carbocycles. The topological polar surface area (TPSA) is 17.1 Å². The molecule has 1 aliphatic carbocycles. The van der Waals surface area contributed by atoms with E-state index in [1.807, 2.05) is 23.6 Å². The number of thiophene rings is 1. The second-order valence-electron chi connectivity index (χ2n) is 4.25. The fourth-order valence-corrected chi connectivity index (χ4v) is 4.02. The Kier molecular flexibility index (Phi) is 2.89. The zero-order valence-corrected chi connectivity index (χ0v) is 11.6. The molecule has 0 aliphatic heterocycles. The minimum absolute atomic E-state index is 0.0566. The van der Waals surface area contributed by atoms with Crippen molar-refractivity contribution in [3.05, 3.63) is 56.2 Å². The number of benzene rings is 1. The highest BCUT2D eigenvalue weighted by Gasteiger charge is 2.30. The Hall–Kier alpha value is -0.930. The number of carbonyl (C=O) groups excluding carboxylic acids is 1. The Balaban J connectivity index is 1.98. The first-order valence-electron chi connectivity index (χ1n) is 5.62.